The summed E-state index contributed by atoms with van der Waals surface area (Å²) in [6.45, 7) is 11.8. The van der Waals surface area contributed by atoms with Gasteiger partial charge in [0, 0.05) is 45.3 Å². The first-order chi connectivity index (χ1) is 13.3. The van der Waals surface area contributed by atoms with Gasteiger partial charge in [0.2, 0.25) is 0 Å². The Balaban J connectivity index is 1.21. The van der Waals surface area contributed by atoms with E-state index in [0.29, 0.717) is 0 Å². The quantitative estimate of drug-likeness (QED) is 0.800. The van der Waals surface area contributed by atoms with Crippen molar-refractivity contribution in [3.8, 4) is 0 Å². The van der Waals surface area contributed by atoms with E-state index in [4.69, 9.17) is 0 Å². The van der Waals surface area contributed by atoms with E-state index in [-0.39, 0.29) is 0 Å². The van der Waals surface area contributed by atoms with Crippen LogP contribution in [-0.4, -0.2) is 60.0 Å². The van der Waals surface area contributed by atoms with Crippen molar-refractivity contribution in [3.63, 3.8) is 0 Å². The van der Waals surface area contributed by atoms with E-state index in [1.165, 1.54) is 68.8 Å². The minimum atomic E-state index is 0.789. The molecule has 2 heterocycles. The largest absolute Gasteiger partial charge is 0.299 e. The SMILES string of the molecule is Cc1ccccc1CN1CCN(C2CCN(Cc3ccccc3)CC2)CC1. The first-order valence-corrected chi connectivity index (χ1v) is 10.5. The molecule has 4 rings (SSSR count). The molecule has 0 aliphatic carbocycles. The lowest BCUT2D eigenvalue weighted by molar-refractivity contribution is 0.0549. The first-order valence-electron chi connectivity index (χ1n) is 10.5. The van der Waals surface area contributed by atoms with Gasteiger partial charge in [0.05, 0.1) is 0 Å². The van der Waals surface area contributed by atoms with Gasteiger partial charge in [-0.25, -0.2) is 0 Å². The Morgan fingerprint density at radius 1 is 0.704 bits per heavy atom. The van der Waals surface area contributed by atoms with Crippen LogP contribution in [0, 0.1) is 6.92 Å². The molecule has 0 aromatic heterocycles. The van der Waals surface area contributed by atoms with Gasteiger partial charge in [0.15, 0.2) is 0 Å². The number of piperidine rings is 1. The van der Waals surface area contributed by atoms with Gasteiger partial charge >= 0.3 is 0 Å². The minimum absolute atomic E-state index is 0.789. The number of hydrogen-bond donors (Lipinski definition) is 0. The zero-order chi connectivity index (χ0) is 18.5. The molecule has 0 saturated carbocycles. The van der Waals surface area contributed by atoms with E-state index in [1.807, 2.05) is 0 Å². The molecular weight excluding hydrogens is 330 g/mol. The Kier molecular flexibility index (Phi) is 6.23. The van der Waals surface area contributed by atoms with Gasteiger partial charge in [-0.1, -0.05) is 54.6 Å². The van der Waals surface area contributed by atoms with E-state index in [0.717, 1.165) is 19.1 Å². The van der Waals surface area contributed by atoms with Crippen LogP contribution in [0.2, 0.25) is 0 Å². The van der Waals surface area contributed by atoms with E-state index in [2.05, 4.69) is 76.2 Å². The van der Waals surface area contributed by atoms with Crippen molar-refractivity contribution in [3.05, 3.63) is 71.3 Å². The van der Waals surface area contributed by atoms with Crippen LogP contribution in [0.5, 0.6) is 0 Å². The summed E-state index contributed by atoms with van der Waals surface area (Å²) in [5, 5.41) is 0. The van der Waals surface area contributed by atoms with Crippen LogP contribution < -0.4 is 0 Å². The van der Waals surface area contributed by atoms with Crippen LogP contribution in [0.1, 0.15) is 29.5 Å². The molecule has 2 aliphatic heterocycles. The van der Waals surface area contributed by atoms with Crippen molar-refractivity contribution in [2.45, 2.75) is 38.9 Å². The van der Waals surface area contributed by atoms with Gasteiger partial charge in [-0.2, -0.15) is 0 Å². The molecule has 0 unspecified atom stereocenters. The highest BCUT2D eigenvalue weighted by Gasteiger charge is 2.27. The summed E-state index contributed by atoms with van der Waals surface area (Å²) in [6.07, 6.45) is 2.65. The highest BCUT2D eigenvalue weighted by molar-refractivity contribution is 5.25. The molecule has 3 nitrogen and oxygen atoms in total. The van der Waals surface area contributed by atoms with Gasteiger partial charge in [-0.05, 0) is 49.5 Å². The lowest BCUT2D eigenvalue weighted by Crippen LogP contribution is -2.52. The number of likely N-dealkylation sites (tertiary alicyclic amines) is 1. The standard InChI is InChI=1S/C24H33N3/c1-21-7-5-6-10-23(21)20-26-15-17-27(18-16-26)24-11-13-25(14-12-24)19-22-8-3-2-4-9-22/h2-10,24H,11-20H2,1H3. The van der Waals surface area contributed by atoms with Crippen molar-refractivity contribution in [2.75, 3.05) is 39.3 Å². The van der Waals surface area contributed by atoms with Crippen LogP contribution in [0.15, 0.2) is 54.6 Å². The van der Waals surface area contributed by atoms with Crippen molar-refractivity contribution < 1.29 is 0 Å². The van der Waals surface area contributed by atoms with E-state index in [1.54, 1.807) is 0 Å². The molecule has 0 radical (unpaired) electrons. The molecule has 2 fully saturated rings. The lowest BCUT2D eigenvalue weighted by atomic mass is 10.0. The highest BCUT2D eigenvalue weighted by Crippen LogP contribution is 2.21. The smallest absolute Gasteiger partial charge is 0.0237 e. The van der Waals surface area contributed by atoms with E-state index in [9.17, 15) is 0 Å². The third kappa shape index (κ3) is 4.98. The van der Waals surface area contributed by atoms with Crippen LogP contribution in [0.25, 0.3) is 0 Å². The summed E-state index contributed by atoms with van der Waals surface area (Å²) in [4.78, 5) is 8.01. The molecule has 27 heavy (non-hydrogen) atoms. The van der Waals surface area contributed by atoms with Crippen LogP contribution in [0.4, 0.5) is 0 Å². The molecule has 2 aliphatic rings. The lowest BCUT2D eigenvalue weighted by Gasteiger charge is -2.43. The maximum Gasteiger partial charge on any atom is 0.0237 e. The summed E-state index contributed by atoms with van der Waals surface area (Å²) in [7, 11) is 0. The number of aryl methyl sites for hydroxylation is 1. The Hall–Kier alpha value is -1.68. The maximum atomic E-state index is 2.76. The fourth-order valence-corrected chi connectivity index (χ4v) is 4.60. The van der Waals surface area contributed by atoms with E-state index < -0.39 is 0 Å². The van der Waals surface area contributed by atoms with Gasteiger partial charge in [-0.15, -0.1) is 0 Å². The Labute approximate surface area is 164 Å². The van der Waals surface area contributed by atoms with Crippen LogP contribution in [0.3, 0.4) is 0 Å². The van der Waals surface area contributed by atoms with Gasteiger partial charge < -0.3 is 0 Å². The summed E-state index contributed by atoms with van der Waals surface area (Å²) < 4.78 is 0. The third-order valence-electron chi connectivity index (χ3n) is 6.38. The fourth-order valence-electron chi connectivity index (χ4n) is 4.60. The first kappa shape index (κ1) is 18.7. The third-order valence-corrected chi connectivity index (χ3v) is 6.38. The van der Waals surface area contributed by atoms with E-state index >= 15 is 0 Å². The number of rotatable bonds is 5. The molecule has 3 heteroatoms. The number of piperazine rings is 1. The van der Waals surface area contributed by atoms with Gasteiger partial charge in [-0.3, -0.25) is 14.7 Å². The van der Waals surface area contributed by atoms with Crippen LogP contribution >= 0.6 is 0 Å². The Morgan fingerprint density at radius 3 is 2.04 bits per heavy atom. The molecule has 0 amide bonds. The molecule has 144 valence electrons. The van der Waals surface area contributed by atoms with Gasteiger partial charge in [0.25, 0.3) is 0 Å². The second-order valence-electron chi connectivity index (χ2n) is 8.23. The molecule has 0 N–H and O–H groups in total. The second kappa shape index (κ2) is 9.01. The topological polar surface area (TPSA) is 9.72 Å². The predicted octanol–water partition coefficient (Wildman–Crippen LogP) is 3.78. The summed E-state index contributed by atoms with van der Waals surface area (Å²) >= 11 is 0. The zero-order valence-corrected chi connectivity index (χ0v) is 16.7. The monoisotopic (exact) mass is 363 g/mol. The van der Waals surface area contributed by atoms with Crippen molar-refractivity contribution >= 4 is 0 Å². The van der Waals surface area contributed by atoms with Crippen molar-refractivity contribution in [2.24, 2.45) is 0 Å². The maximum absolute atomic E-state index is 2.76. The average Bonchev–Trinajstić information content (AvgIpc) is 2.72. The molecule has 0 bridgehead atoms. The zero-order valence-electron chi connectivity index (χ0n) is 16.7. The molecule has 2 aromatic rings. The number of benzene rings is 2. The summed E-state index contributed by atoms with van der Waals surface area (Å²) in [5.74, 6) is 0. The summed E-state index contributed by atoms with van der Waals surface area (Å²) in [6, 6.07) is 20.5. The second-order valence-corrected chi connectivity index (χ2v) is 8.23. The average molecular weight is 364 g/mol. The fraction of sp³-hybridized carbons (Fsp3) is 0.500. The molecular formula is C24H33N3. The molecule has 0 atom stereocenters. The number of hydrogen-bond acceptors (Lipinski definition) is 3. The summed E-state index contributed by atoms with van der Waals surface area (Å²) in [5.41, 5.74) is 4.35. The Bertz CT molecular complexity index is 699. The molecule has 2 saturated heterocycles. The molecule has 2 aromatic carbocycles. The van der Waals surface area contributed by atoms with Crippen molar-refractivity contribution in [1.82, 2.24) is 14.7 Å². The van der Waals surface area contributed by atoms with Crippen LogP contribution in [-0.2, 0) is 13.1 Å². The van der Waals surface area contributed by atoms with Gasteiger partial charge in [0.1, 0.15) is 0 Å². The number of nitrogens with zero attached hydrogens (tertiary/aromatic N) is 3. The predicted molar refractivity (Wildman–Crippen MR) is 113 cm³/mol. The minimum Gasteiger partial charge on any atom is -0.299 e. The highest BCUT2D eigenvalue weighted by atomic mass is 15.3. The Morgan fingerprint density at radius 2 is 1.33 bits per heavy atom. The normalized spacial score (nSPS) is 20.8. The molecule has 0 spiro atoms. The van der Waals surface area contributed by atoms with Crippen molar-refractivity contribution in [1.29, 1.82) is 0 Å².